The zero-order valence-electron chi connectivity index (χ0n) is 15.4. The number of aryl methyl sites for hydroxylation is 1. The lowest BCUT2D eigenvalue weighted by atomic mass is 10.00. The van der Waals surface area contributed by atoms with Crippen molar-refractivity contribution in [2.45, 2.75) is 13.0 Å². The fourth-order valence-electron chi connectivity index (χ4n) is 3.64. The van der Waals surface area contributed by atoms with Crippen molar-refractivity contribution in [2.24, 2.45) is 0 Å². The van der Waals surface area contributed by atoms with Gasteiger partial charge in [0.25, 0.3) is 5.69 Å². The van der Waals surface area contributed by atoms with Crippen LogP contribution in [0.1, 0.15) is 32.7 Å². The molecule has 0 aliphatic carbocycles. The molecule has 1 aromatic heterocycles. The first-order valence-corrected chi connectivity index (χ1v) is 9.68. The quantitative estimate of drug-likeness (QED) is 0.273. The van der Waals surface area contributed by atoms with Crippen LogP contribution in [-0.2, 0) is 11.3 Å². The number of hydrogen-bond acceptors (Lipinski definition) is 6. The minimum Gasteiger partial charge on any atom is -0.465 e. The highest BCUT2D eigenvalue weighted by molar-refractivity contribution is 9.10. The molecule has 0 saturated carbocycles. The van der Waals surface area contributed by atoms with E-state index in [2.05, 4.69) is 21.2 Å². The number of carbonyl (C=O) groups excluding carboxylic acids is 2. The van der Waals surface area contributed by atoms with Crippen LogP contribution in [0.3, 0.4) is 0 Å². The van der Waals surface area contributed by atoms with E-state index in [9.17, 15) is 19.7 Å². The predicted molar refractivity (Wildman–Crippen MR) is 111 cm³/mol. The van der Waals surface area contributed by atoms with Crippen molar-refractivity contribution in [3.05, 3.63) is 67.7 Å². The van der Waals surface area contributed by atoms with Gasteiger partial charge in [-0.3, -0.25) is 14.9 Å². The monoisotopic (exact) mass is 457 g/mol. The number of ether oxygens (including phenoxy) is 1. The molecule has 0 spiro atoms. The SMILES string of the molecule is COC(=O)c1cc2c(C(=O)c3ccc(Br)cc3)c3n(c2cc1[N+](=O)[O-])CCCN3. The van der Waals surface area contributed by atoms with Crippen LogP contribution in [0, 0.1) is 10.1 Å². The first kappa shape index (κ1) is 19.1. The molecule has 0 radical (unpaired) electrons. The van der Waals surface area contributed by atoms with E-state index in [4.69, 9.17) is 4.74 Å². The van der Waals surface area contributed by atoms with Crippen LogP contribution < -0.4 is 5.32 Å². The van der Waals surface area contributed by atoms with Gasteiger partial charge in [0.2, 0.25) is 0 Å². The fourth-order valence-corrected chi connectivity index (χ4v) is 3.91. The lowest BCUT2D eigenvalue weighted by Crippen LogP contribution is -2.18. The number of carbonyl (C=O) groups is 2. The Balaban J connectivity index is 2.02. The summed E-state index contributed by atoms with van der Waals surface area (Å²) in [7, 11) is 1.16. The van der Waals surface area contributed by atoms with Gasteiger partial charge in [0, 0.05) is 34.6 Å². The molecule has 2 aromatic carbocycles. The van der Waals surface area contributed by atoms with E-state index >= 15 is 0 Å². The number of nitrogens with one attached hydrogen (secondary N) is 1. The lowest BCUT2D eigenvalue weighted by molar-refractivity contribution is -0.385. The third-order valence-electron chi connectivity index (χ3n) is 4.97. The summed E-state index contributed by atoms with van der Waals surface area (Å²) in [6.45, 7) is 1.30. The Kier molecular flexibility index (Phi) is 4.83. The minimum absolute atomic E-state index is 0.183. The maximum Gasteiger partial charge on any atom is 0.344 e. The molecule has 2 heterocycles. The summed E-state index contributed by atoms with van der Waals surface area (Å²) in [5, 5.41) is 15.3. The Hall–Kier alpha value is -3.20. The highest BCUT2D eigenvalue weighted by Crippen LogP contribution is 2.38. The number of benzene rings is 2. The van der Waals surface area contributed by atoms with Gasteiger partial charge in [-0.2, -0.15) is 0 Å². The lowest BCUT2D eigenvalue weighted by Gasteiger charge is -2.19. The molecular weight excluding hydrogens is 442 g/mol. The van der Waals surface area contributed by atoms with Gasteiger partial charge in [-0.15, -0.1) is 0 Å². The van der Waals surface area contributed by atoms with Crippen molar-refractivity contribution >= 4 is 50.1 Å². The maximum absolute atomic E-state index is 13.4. The number of anilines is 1. The van der Waals surface area contributed by atoms with E-state index in [0.29, 0.717) is 40.9 Å². The van der Waals surface area contributed by atoms with Crippen LogP contribution in [0.15, 0.2) is 40.9 Å². The summed E-state index contributed by atoms with van der Waals surface area (Å²) in [6, 6.07) is 9.69. The number of nitro groups is 1. The number of halogens is 1. The van der Waals surface area contributed by atoms with Gasteiger partial charge in [0.1, 0.15) is 11.4 Å². The first-order valence-electron chi connectivity index (χ1n) is 8.89. The van der Waals surface area contributed by atoms with Crippen LogP contribution in [0.4, 0.5) is 11.5 Å². The average molecular weight is 458 g/mol. The van der Waals surface area contributed by atoms with E-state index in [1.807, 2.05) is 4.57 Å². The molecule has 1 aliphatic rings. The van der Waals surface area contributed by atoms with E-state index < -0.39 is 10.9 Å². The van der Waals surface area contributed by atoms with Gasteiger partial charge in [0.05, 0.1) is 23.1 Å². The molecule has 0 atom stereocenters. The third-order valence-corrected chi connectivity index (χ3v) is 5.50. The Morgan fingerprint density at radius 3 is 2.62 bits per heavy atom. The summed E-state index contributed by atoms with van der Waals surface area (Å²) in [4.78, 5) is 36.5. The van der Waals surface area contributed by atoms with Crippen LogP contribution in [-0.4, -0.2) is 34.9 Å². The second-order valence-corrected chi connectivity index (χ2v) is 7.54. The van der Waals surface area contributed by atoms with Gasteiger partial charge < -0.3 is 14.6 Å². The van der Waals surface area contributed by atoms with Gasteiger partial charge in [-0.25, -0.2) is 4.79 Å². The Morgan fingerprint density at radius 2 is 1.97 bits per heavy atom. The molecule has 0 amide bonds. The number of nitrogens with zero attached hydrogens (tertiary/aromatic N) is 2. The summed E-state index contributed by atoms with van der Waals surface area (Å²) < 4.78 is 7.43. The van der Waals surface area contributed by atoms with E-state index in [0.717, 1.165) is 18.0 Å². The summed E-state index contributed by atoms with van der Waals surface area (Å²) in [5.41, 5.74) is 0.874. The van der Waals surface area contributed by atoms with Crippen molar-refractivity contribution in [1.29, 1.82) is 0 Å². The number of methoxy groups -OCH3 is 1. The van der Waals surface area contributed by atoms with Crippen molar-refractivity contribution < 1.29 is 19.2 Å². The van der Waals surface area contributed by atoms with E-state index in [1.165, 1.54) is 12.1 Å². The molecular formula is C20H16BrN3O5. The number of rotatable bonds is 4. The summed E-state index contributed by atoms with van der Waals surface area (Å²) in [5.74, 6) is -0.441. The van der Waals surface area contributed by atoms with E-state index in [-0.39, 0.29) is 17.0 Å². The van der Waals surface area contributed by atoms with Crippen molar-refractivity contribution in [2.75, 3.05) is 19.0 Å². The number of fused-ring (bicyclic) bond motifs is 3. The molecule has 4 rings (SSSR count). The number of hydrogen-bond donors (Lipinski definition) is 1. The van der Waals surface area contributed by atoms with Gasteiger partial charge in [-0.05, 0) is 36.8 Å². The van der Waals surface area contributed by atoms with Gasteiger partial charge in [0.15, 0.2) is 5.78 Å². The van der Waals surface area contributed by atoms with Crippen LogP contribution in [0.5, 0.6) is 0 Å². The van der Waals surface area contributed by atoms with Crippen molar-refractivity contribution in [1.82, 2.24) is 4.57 Å². The molecule has 0 bridgehead atoms. The fraction of sp³-hybridized carbons (Fsp3) is 0.200. The third kappa shape index (κ3) is 3.17. The molecule has 8 nitrogen and oxygen atoms in total. The zero-order valence-corrected chi connectivity index (χ0v) is 17.0. The molecule has 0 saturated heterocycles. The number of esters is 1. The van der Waals surface area contributed by atoms with Gasteiger partial charge in [-0.1, -0.05) is 15.9 Å². The zero-order chi connectivity index (χ0) is 20.7. The van der Waals surface area contributed by atoms with Gasteiger partial charge >= 0.3 is 5.97 Å². The topological polar surface area (TPSA) is 103 Å². The highest BCUT2D eigenvalue weighted by atomic mass is 79.9. The highest BCUT2D eigenvalue weighted by Gasteiger charge is 2.30. The first-order chi connectivity index (χ1) is 13.9. The Morgan fingerprint density at radius 1 is 1.24 bits per heavy atom. The largest absolute Gasteiger partial charge is 0.465 e. The van der Waals surface area contributed by atoms with Crippen LogP contribution in [0.2, 0.25) is 0 Å². The predicted octanol–water partition coefficient (Wildman–Crippen LogP) is 4.15. The average Bonchev–Trinajstić information content (AvgIpc) is 3.05. The van der Waals surface area contributed by atoms with Crippen LogP contribution >= 0.6 is 15.9 Å². The Bertz CT molecular complexity index is 1170. The summed E-state index contributed by atoms with van der Waals surface area (Å²) in [6.07, 6.45) is 0.815. The molecule has 148 valence electrons. The standard InChI is InChI=1S/C20H16BrN3O5/c1-29-20(26)14-9-13-15(10-16(14)24(27)28)23-8-2-7-22-19(23)17(13)18(25)11-3-5-12(21)6-4-11/h3-6,9-10,22H,2,7-8H2,1H3. The number of nitro benzene ring substituents is 1. The maximum atomic E-state index is 13.4. The molecule has 1 N–H and O–H groups in total. The number of ketones is 1. The van der Waals surface area contributed by atoms with Crippen molar-refractivity contribution in [3.63, 3.8) is 0 Å². The summed E-state index contributed by atoms with van der Waals surface area (Å²) >= 11 is 3.36. The molecule has 1 aliphatic heterocycles. The van der Waals surface area contributed by atoms with Crippen LogP contribution in [0.25, 0.3) is 10.9 Å². The molecule has 29 heavy (non-hydrogen) atoms. The molecule has 0 fully saturated rings. The molecule has 9 heteroatoms. The normalized spacial score (nSPS) is 12.9. The van der Waals surface area contributed by atoms with Crippen molar-refractivity contribution in [3.8, 4) is 0 Å². The molecule has 3 aromatic rings. The second kappa shape index (κ2) is 7.32. The molecule has 0 unspecified atom stereocenters. The second-order valence-electron chi connectivity index (χ2n) is 6.63. The minimum atomic E-state index is -0.822. The van der Waals surface area contributed by atoms with E-state index in [1.54, 1.807) is 24.3 Å². The smallest absolute Gasteiger partial charge is 0.344 e. The Labute approximate surface area is 173 Å². The number of aromatic nitrogens is 1.